The lowest BCUT2D eigenvalue weighted by Crippen LogP contribution is -2.31. The number of hydrogen-bond donors (Lipinski definition) is 2. The lowest BCUT2D eigenvalue weighted by Gasteiger charge is -2.13. The van der Waals surface area contributed by atoms with Crippen LogP contribution in [0, 0.1) is 27.7 Å². The molecule has 2 aromatic heterocycles. The molecule has 0 aliphatic carbocycles. The molecule has 4 rings (SSSR count). The van der Waals surface area contributed by atoms with Crippen molar-refractivity contribution < 1.29 is 18.7 Å². The highest BCUT2D eigenvalue weighted by Crippen LogP contribution is 2.36. The van der Waals surface area contributed by atoms with Gasteiger partial charge in [0.05, 0.1) is 23.5 Å². The number of carbonyl (C=O) groups excluding carboxylic acids is 1. The summed E-state index contributed by atoms with van der Waals surface area (Å²) in [4.78, 5) is 25.2. The van der Waals surface area contributed by atoms with Crippen LogP contribution >= 0.6 is 0 Å². The summed E-state index contributed by atoms with van der Waals surface area (Å²) < 4.78 is 11.6. The van der Waals surface area contributed by atoms with Gasteiger partial charge in [-0.15, -0.1) is 0 Å². The van der Waals surface area contributed by atoms with Crippen LogP contribution < -0.4 is 10.9 Å². The molecular formula is C25H25NO5. The monoisotopic (exact) mass is 419 g/mol. The largest absolute Gasteiger partial charge is 0.460 e. The Kier molecular flexibility index (Phi) is 5.41. The third-order valence-electron chi connectivity index (χ3n) is 5.89. The fraction of sp³-hybridized carbons (Fsp3) is 0.280. The fourth-order valence-corrected chi connectivity index (χ4v) is 4.06. The van der Waals surface area contributed by atoms with Crippen LogP contribution in [-0.4, -0.2) is 17.6 Å². The van der Waals surface area contributed by atoms with Gasteiger partial charge in [0.2, 0.25) is 5.91 Å². The Labute approximate surface area is 179 Å². The Bertz CT molecular complexity index is 1350. The van der Waals surface area contributed by atoms with E-state index in [0.717, 1.165) is 22.3 Å². The Morgan fingerprint density at radius 2 is 1.74 bits per heavy atom. The van der Waals surface area contributed by atoms with Gasteiger partial charge in [-0.1, -0.05) is 30.3 Å². The van der Waals surface area contributed by atoms with E-state index >= 15 is 0 Å². The number of rotatable bonds is 5. The van der Waals surface area contributed by atoms with Crippen molar-refractivity contribution in [1.82, 2.24) is 5.32 Å². The molecule has 0 fully saturated rings. The molecule has 0 aliphatic rings. The van der Waals surface area contributed by atoms with E-state index in [9.17, 15) is 14.7 Å². The lowest BCUT2D eigenvalue weighted by molar-refractivity contribution is -0.120. The average Bonchev–Trinajstić information content (AvgIpc) is 3.04. The molecule has 6 nitrogen and oxygen atoms in total. The number of hydrogen-bond acceptors (Lipinski definition) is 5. The third kappa shape index (κ3) is 3.75. The molecule has 0 bridgehead atoms. The van der Waals surface area contributed by atoms with Crippen LogP contribution in [0.15, 0.2) is 50.0 Å². The maximum absolute atomic E-state index is 12.6. The summed E-state index contributed by atoms with van der Waals surface area (Å²) >= 11 is 0. The Balaban J connectivity index is 1.65. The number of fused-ring (bicyclic) bond motifs is 3. The Morgan fingerprint density at radius 3 is 2.45 bits per heavy atom. The highest BCUT2D eigenvalue weighted by Gasteiger charge is 2.21. The number of nitrogens with one attached hydrogen (secondary N) is 1. The molecule has 160 valence electrons. The molecule has 2 N–H and O–H groups in total. The predicted octanol–water partition coefficient (Wildman–Crippen LogP) is 4.17. The standard InChI is InChI=1S/C25H25NO5/c1-13-10-20-23(24-22(13)14(2)16(4)30-24)15(3)18(25(29)31-20)11-21(28)26-12-19(27)17-8-6-5-7-9-17/h5-10,19,27H,11-12H2,1-4H3,(H,26,28)/t19-/m1/s1. The van der Waals surface area contributed by atoms with E-state index in [-0.39, 0.29) is 24.4 Å². The van der Waals surface area contributed by atoms with E-state index in [1.165, 1.54) is 0 Å². The van der Waals surface area contributed by atoms with Crippen LogP contribution in [0.25, 0.3) is 21.9 Å². The smallest absolute Gasteiger partial charge is 0.340 e. The second kappa shape index (κ2) is 8.04. The molecule has 2 heterocycles. The quantitative estimate of drug-likeness (QED) is 0.474. The van der Waals surface area contributed by atoms with Crippen molar-refractivity contribution >= 4 is 27.8 Å². The van der Waals surface area contributed by atoms with E-state index in [1.54, 1.807) is 12.1 Å². The zero-order valence-corrected chi connectivity index (χ0v) is 18.0. The summed E-state index contributed by atoms with van der Waals surface area (Å²) in [7, 11) is 0. The van der Waals surface area contributed by atoms with Crippen LogP contribution in [0.1, 0.15) is 39.7 Å². The lowest BCUT2D eigenvalue weighted by atomic mass is 9.98. The fourth-order valence-electron chi connectivity index (χ4n) is 4.06. The van der Waals surface area contributed by atoms with Crippen molar-refractivity contribution in [2.45, 2.75) is 40.2 Å². The SMILES string of the molecule is Cc1oc2c(c(C)cc3oc(=O)c(CC(=O)NC[C@@H](O)c4ccccc4)c(C)c32)c1C. The Morgan fingerprint density at radius 1 is 1.03 bits per heavy atom. The van der Waals surface area contributed by atoms with Crippen molar-refractivity contribution in [1.29, 1.82) is 0 Å². The van der Waals surface area contributed by atoms with Crippen LogP contribution in [-0.2, 0) is 11.2 Å². The Hall–Kier alpha value is -3.38. The van der Waals surface area contributed by atoms with Gasteiger partial charge in [0.1, 0.15) is 16.9 Å². The van der Waals surface area contributed by atoms with Gasteiger partial charge < -0.3 is 19.3 Å². The van der Waals surface area contributed by atoms with Gasteiger partial charge in [0, 0.05) is 11.9 Å². The minimum atomic E-state index is -0.823. The van der Waals surface area contributed by atoms with E-state index in [2.05, 4.69) is 5.32 Å². The van der Waals surface area contributed by atoms with Crippen molar-refractivity contribution in [3.63, 3.8) is 0 Å². The molecule has 0 unspecified atom stereocenters. The molecular weight excluding hydrogens is 394 g/mol. The molecule has 0 saturated carbocycles. The summed E-state index contributed by atoms with van der Waals surface area (Å²) in [6.45, 7) is 7.73. The second-order valence-electron chi connectivity index (χ2n) is 7.95. The molecule has 31 heavy (non-hydrogen) atoms. The van der Waals surface area contributed by atoms with Gasteiger partial charge in [-0.3, -0.25) is 4.79 Å². The van der Waals surface area contributed by atoms with Gasteiger partial charge in [-0.05, 0) is 56.0 Å². The predicted molar refractivity (Wildman–Crippen MR) is 119 cm³/mol. The summed E-state index contributed by atoms with van der Waals surface area (Å²) in [6.07, 6.45) is -0.962. The average molecular weight is 419 g/mol. The number of aliphatic hydroxyl groups excluding tert-OH is 1. The van der Waals surface area contributed by atoms with E-state index in [0.29, 0.717) is 27.7 Å². The van der Waals surface area contributed by atoms with Crippen molar-refractivity contribution in [3.8, 4) is 0 Å². The number of aliphatic hydroxyl groups is 1. The van der Waals surface area contributed by atoms with Gasteiger partial charge in [-0.2, -0.15) is 0 Å². The first-order chi connectivity index (χ1) is 14.8. The van der Waals surface area contributed by atoms with Crippen molar-refractivity contribution in [2.75, 3.05) is 6.54 Å². The third-order valence-corrected chi connectivity index (χ3v) is 5.89. The summed E-state index contributed by atoms with van der Waals surface area (Å²) in [5, 5.41) is 14.7. The minimum absolute atomic E-state index is 0.0564. The first kappa shape index (κ1) is 20.9. The van der Waals surface area contributed by atoms with Crippen molar-refractivity contribution in [2.24, 2.45) is 0 Å². The number of carbonyl (C=O) groups is 1. The molecule has 6 heteroatoms. The molecule has 1 atom stereocenters. The molecule has 2 aromatic carbocycles. The van der Waals surface area contributed by atoms with E-state index in [4.69, 9.17) is 8.83 Å². The number of benzene rings is 2. The highest BCUT2D eigenvalue weighted by atomic mass is 16.4. The maximum Gasteiger partial charge on any atom is 0.340 e. The van der Waals surface area contributed by atoms with Crippen LogP contribution in [0.2, 0.25) is 0 Å². The normalized spacial score (nSPS) is 12.4. The summed E-state index contributed by atoms with van der Waals surface area (Å²) in [6, 6.07) is 10.9. The first-order valence-corrected chi connectivity index (χ1v) is 10.2. The molecule has 0 saturated heterocycles. The zero-order chi connectivity index (χ0) is 22.3. The molecule has 0 radical (unpaired) electrons. The number of amides is 1. The molecule has 0 aliphatic heterocycles. The maximum atomic E-state index is 12.6. The van der Waals surface area contributed by atoms with Crippen LogP contribution in [0.5, 0.6) is 0 Å². The second-order valence-corrected chi connectivity index (χ2v) is 7.95. The first-order valence-electron chi connectivity index (χ1n) is 10.2. The van der Waals surface area contributed by atoms with Gasteiger partial charge in [0.25, 0.3) is 0 Å². The van der Waals surface area contributed by atoms with Gasteiger partial charge in [0.15, 0.2) is 0 Å². The highest BCUT2D eigenvalue weighted by molar-refractivity contribution is 6.07. The summed E-state index contributed by atoms with van der Waals surface area (Å²) in [5.74, 6) is 0.449. The zero-order valence-electron chi connectivity index (χ0n) is 18.0. The summed E-state index contributed by atoms with van der Waals surface area (Å²) in [5.41, 5.74) is 4.28. The van der Waals surface area contributed by atoms with Crippen LogP contribution in [0.3, 0.4) is 0 Å². The van der Waals surface area contributed by atoms with E-state index < -0.39 is 11.7 Å². The van der Waals surface area contributed by atoms with Crippen molar-refractivity contribution in [3.05, 3.63) is 80.4 Å². The van der Waals surface area contributed by atoms with E-state index in [1.807, 2.05) is 52.0 Å². The van der Waals surface area contributed by atoms with Gasteiger partial charge in [-0.25, -0.2) is 4.79 Å². The molecule has 4 aromatic rings. The molecule has 1 amide bonds. The van der Waals surface area contributed by atoms with Crippen LogP contribution in [0.4, 0.5) is 0 Å². The topological polar surface area (TPSA) is 92.7 Å². The van der Waals surface area contributed by atoms with Gasteiger partial charge >= 0.3 is 5.63 Å². The molecule has 0 spiro atoms. The number of furan rings is 1. The minimum Gasteiger partial charge on any atom is -0.460 e. The number of aryl methyl sites for hydroxylation is 4.